The molecule has 1 aliphatic rings. The summed E-state index contributed by atoms with van der Waals surface area (Å²) in [7, 11) is 0. The summed E-state index contributed by atoms with van der Waals surface area (Å²) in [6, 6.07) is 5.13. The normalized spacial score (nSPS) is 16.1. The van der Waals surface area contributed by atoms with Gasteiger partial charge in [0.05, 0.1) is 12.2 Å². The molecule has 1 aromatic rings. The summed E-state index contributed by atoms with van der Waals surface area (Å²) in [5, 5.41) is 5.86. The zero-order valence-corrected chi connectivity index (χ0v) is 11.3. The van der Waals surface area contributed by atoms with Crippen LogP contribution in [0.25, 0.3) is 0 Å². The molecule has 2 rings (SSSR count). The molecule has 0 spiro atoms. The van der Waals surface area contributed by atoms with Gasteiger partial charge in [0.2, 0.25) is 5.91 Å². The third-order valence-electron chi connectivity index (χ3n) is 3.53. The third-order valence-corrected chi connectivity index (χ3v) is 3.53. The van der Waals surface area contributed by atoms with Gasteiger partial charge in [0, 0.05) is 6.04 Å². The van der Waals surface area contributed by atoms with Crippen LogP contribution in [-0.2, 0) is 4.79 Å². The van der Waals surface area contributed by atoms with Gasteiger partial charge < -0.3 is 10.6 Å². The lowest BCUT2D eigenvalue weighted by molar-refractivity contribution is -0.120. The molecule has 104 valence electrons. The lowest BCUT2D eigenvalue weighted by Crippen LogP contribution is -2.39. The van der Waals surface area contributed by atoms with E-state index in [4.69, 9.17) is 0 Å². The molecule has 0 aliphatic heterocycles. The van der Waals surface area contributed by atoms with Crippen LogP contribution in [0.15, 0.2) is 18.2 Å². The molecule has 3 nitrogen and oxygen atoms in total. The van der Waals surface area contributed by atoms with Gasteiger partial charge in [-0.15, -0.1) is 0 Å². The molecule has 4 heteroatoms. The fraction of sp³-hybridized carbons (Fsp3) is 0.533. The van der Waals surface area contributed by atoms with Crippen molar-refractivity contribution in [3.8, 4) is 0 Å². The summed E-state index contributed by atoms with van der Waals surface area (Å²) in [4.78, 5) is 11.8. The summed E-state index contributed by atoms with van der Waals surface area (Å²) in [5.74, 6) is -0.385. The van der Waals surface area contributed by atoms with Gasteiger partial charge in [0.15, 0.2) is 0 Å². The van der Waals surface area contributed by atoms with Crippen LogP contribution < -0.4 is 10.6 Å². The molecular weight excluding hydrogens is 243 g/mol. The van der Waals surface area contributed by atoms with Crippen molar-refractivity contribution in [3.63, 3.8) is 0 Å². The van der Waals surface area contributed by atoms with E-state index in [0.29, 0.717) is 11.7 Å². The van der Waals surface area contributed by atoms with Crippen molar-refractivity contribution in [3.05, 3.63) is 29.6 Å². The number of carbonyl (C=O) groups excluding carboxylic acids is 1. The highest BCUT2D eigenvalue weighted by molar-refractivity contribution is 5.81. The number of amides is 1. The van der Waals surface area contributed by atoms with E-state index in [2.05, 4.69) is 10.6 Å². The minimum absolute atomic E-state index is 0.0622. The highest BCUT2D eigenvalue weighted by Gasteiger charge is 2.15. The molecular formula is C15H21FN2O. The van der Waals surface area contributed by atoms with Crippen molar-refractivity contribution in [2.24, 2.45) is 0 Å². The quantitative estimate of drug-likeness (QED) is 0.877. The van der Waals surface area contributed by atoms with Gasteiger partial charge in [-0.05, 0) is 37.5 Å². The molecule has 0 radical (unpaired) electrons. The molecule has 19 heavy (non-hydrogen) atoms. The van der Waals surface area contributed by atoms with E-state index >= 15 is 0 Å². The lowest BCUT2D eigenvalue weighted by Gasteiger charge is -2.22. The van der Waals surface area contributed by atoms with Gasteiger partial charge in [-0.3, -0.25) is 4.79 Å². The Hall–Kier alpha value is -1.58. The van der Waals surface area contributed by atoms with Gasteiger partial charge >= 0.3 is 0 Å². The van der Waals surface area contributed by atoms with Gasteiger partial charge in [-0.1, -0.05) is 25.3 Å². The number of hydrogen-bond acceptors (Lipinski definition) is 2. The van der Waals surface area contributed by atoms with E-state index in [1.54, 1.807) is 12.1 Å². The maximum absolute atomic E-state index is 13.5. The van der Waals surface area contributed by atoms with Gasteiger partial charge in [0.1, 0.15) is 5.82 Å². The number of hydrogen-bond donors (Lipinski definition) is 2. The fourth-order valence-electron chi connectivity index (χ4n) is 2.48. The van der Waals surface area contributed by atoms with Crippen molar-refractivity contribution in [2.75, 3.05) is 11.9 Å². The molecule has 1 fully saturated rings. The molecule has 1 amide bonds. The summed E-state index contributed by atoms with van der Waals surface area (Å²) < 4.78 is 13.5. The van der Waals surface area contributed by atoms with Crippen molar-refractivity contribution in [1.82, 2.24) is 5.32 Å². The number of halogens is 1. The van der Waals surface area contributed by atoms with Crippen LogP contribution in [0.4, 0.5) is 10.1 Å². The van der Waals surface area contributed by atoms with Crippen molar-refractivity contribution in [2.45, 2.75) is 45.1 Å². The Morgan fingerprint density at radius 2 is 2.05 bits per heavy atom. The Bertz CT molecular complexity index is 442. The standard InChI is InChI=1S/C15H21FN2O/c1-11-7-8-13(16)14(9-11)17-10-15(19)18-12-5-3-2-4-6-12/h7-9,12,17H,2-6,10H2,1H3,(H,18,19). The van der Waals surface area contributed by atoms with E-state index in [9.17, 15) is 9.18 Å². The Morgan fingerprint density at radius 1 is 1.32 bits per heavy atom. The summed E-state index contributed by atoms with van der Waals surface area (Å²) in [6.45, 7) is 2.02. The minimum atomic E-state index is -0.323. The fourth-order valence-corrected chi connectivity index (χ4v) is 2.48. The smallest absolute Gasteiger partial charge is 0.239 e. The maximum atomic E-state index is 13.5. The number of anilines is 1. The van der Waals surface area contributed by atoms with Crippen LogP contribution in [-0.4, -0.2) is 18.5 Å². The van der Waals surface area contributed by atoms with E-state index in [-0.39, 0.29) is 18.3 Å². The average Bonchev–Trinajstić information content (AvgIpc) is 2.41. The summed E-state index contributed by atoms with van der Waals surface area (Å²) in [5.41, 5.74) is 1.36. The highest BCUT2D eigenvalue weighted by Crippen LogP contribution is 2.17. The number of carbonyl (C=O) groups is 1. The second-order valence-electron chi connectivity index (χ2n) is 5.24. The van der Waals surface area contributed by atoms with Crippen LogP contribution in [0.2, 0.25) is 0 Å². The molecule has 1 saturated carbocycles. The van der Waals surface area contributed by atoms with E-state index < -0.39 is 0 Å². The zero-order valence-electron chi connectivity index (χ0n) is 11.3. The molecule has 0 aromatic heterocycles. The van der Waals surface area contributed by atoms with Gasteiger partial charge in [-0.2, -0.15) is 0 Å². The lowest BCUT2D eigenvalue weighted by atomic mass is 9.95. The van der Waals surface area contributed by atoms with E-state index in [1.807, 2.05) is 6.92 Å². The average molecular weight is 264 g/mol. The van der Waals surface area contributed by atoms with Crippen LogP contribution in [0.1, 0.15) is 37.7 Å². The van der Waals surface area contributed by atoms with Crippen LogP contribution in [0, 0.1) is 12.7 Å². The predicted octanol–water partition coefficient (Wildman–Crippen LogP) is 2.99. The first-order chi connectivity index (χ1) is 9.15. The SMILES string of the molecule is Cc1ccc(F)c(NCC(=O)NC2CCCCC2)c1. The molecule has 0 saturated heterocycles. The first-order valence-corrected chi connectivity index (χ1v) is 6.94. The summed E-state index contributed by atoms with van der Waals surface area (Å²) >= 11 is 0. The number of rotatable bonds is 4. The Labute approximate surface area is 113 Å². The molecule has 0 bridgehead atoms. The largest absolute Gasteiger partial charge is 0.374 e. The first kappa shape index (κ1) is 13.8. The van der Waals surface area contributed by atoms with Gasteiger partial charge in [-0.25, -0.2) is 4.39 Å². The predicted molar refractivity (Wildman–Crippen MR) is 74.6 cm³/mol. The first-order valence-electron chi connectivity index (χ1n) is 6.94. The molecule has 0 heterocycles. The molecule has 2 N–H and O–H groups in total. The number of aryl methyl sites for hydroxylation is 1. The maximum Gasteiger partial charge on any atom is 0.239 e. The molecule has 1 aromatic carbocycles. The second-order valence-corrected chi connectivity index (χ2v) is 5.24. The third kappa shape index (κ3) is 4.23. The van der Waals surface area contributed by atoms with Gasteiger partial charge in [0.25, 0.3) is 0 Å². The van der Waals surface area contributed by atoms with Crippen LogP contribution in [0.3, 0.4) is 0 Å². The van der Waals surface area contributed by atoms with Crippen molar-refractivity contribution < 1.29 is 9.18 Å². The molecule has 0 atom stereocenters. The molecule has 1 aliphatic carbocycles. The monoisotopic (exact) mass is 264 g/mol. The number of nitrogens with one attached hydrogen (secondary N) is 2. The van der Waals surface area contributed by atoms with E-state index in [1.165, 1.54) is 25.3 Å². The topological polar surface area (TPSA) is 41.1 Å². The second kappa shape index (κ2) is 6.55. The zero-order chi connectivity index (χ0) is 13.7. The van der Waals surface area contributed by atoms with Crippen molar-refractivity contribution >= 4 is 11.6 Å². The molecule has 0 unspecified atom stereocenters. The summed E-state index contributed by atoms with van der Waals surface area (Å²) in [6.07, 6.45) is 5.75. The minimum Gasteiger partial charge on any atom is -0.374 e. The number of benzene rings is 1. The van der Waals surface area contributed by atoms with Crippen LogP contribution in [0.5, 0.6) is 0 Å². The van der Waals surface area contributed by atoms with Crippen molar-refractivity contribution in [1.29, 1.82) is 0 Å². The Balaban J connectivity index is 1.81. The Kier molecular flexibility index (Phi) is 4.77. The Morgan fingerprint density at radius 3 is 2.79 bits per heavy atom. The van der Waals surface area contributed by atoms with E-state index in [0.717, 1.165) is 18.4 Å². The van der Waals surface area contributed by atoms with Crippen LogP contribution >= 0.6 is 0 Å². The highest BCUT2D eigenvalue weighted by atomic mass is 19.1.